The maximum Gasteiger partial charge on any atom is 0.316 e. The molecule has 3 rings (SSSR count). The van der Waals surface area contributed by atoms with Gasteiger partial charge < -0.3 is 4.74 Å². The maximum atomic E-state index is 12.9. The topological polar surface area (TPSA) is 72.4 Å². The van der Waals surface area contributed by atoms with Crippen LogP contribution >= 0.6 is 15.9 Å². The zero-order valence-corrected chi connectivity index (χ0v) is 17.0. The molecule has 1 atom stereocenters. The minimum absolute atomic E-state index is 0.251. The molecule has 0 spiro atoms. The van der Waals surface area contributed by atoms with Gasteiger partial charge in [0.15, 0.2) is 0 Å². The highest BCUT2D eigenvalue weighted by atomic mass is 79.9. The molecule has 1 saturated heterocycles. The fourth-order valence-electron chi connectivity index (χ4n) is 3.00. The van der Waals surface area contributed by atoms with Gasteiger partial charge in [-0.05, 0) is 52.9 Å². The Kier molecular flexibility index (Phi) is 6.26. The van der Waals surface area contributed by atoms with Gasteiger partial charge in [-0.3, -0.25) is 0 Å². The monoisotopic (exact) mass is 439 g/mol. The Hall–Kier alpha value is -1.51. The van der Waals surface area contributed by atoms with E-state index in [2.05, 4.69) is 32.8 Å². The van der Waals surface area contributed by atoms with Crippen molar-refractivity contribution in [3.8, 4) is 6.01 Å². The van der Waals surface area contributed by atoms with E-state index in [0.29, 0.717) is 18.0 Å². The molecule has 1 aliphatic rings. The summed E-state index contributed by atoms with van der Waals surface area (Å²) in [7, 11) is -3.52. The van der Waals surface area contributed by atoms with Crippen molar-refractivity contribution in [2.24, 2.45) is 0 Å². The van der Waals surface area contributed by atoms with E-state index in [9.17, 15) is 8.42 Å². The van der Waals surface area contributed by atoms with Crippen molar-refractivity contribution in [3.05, 3.63) is 46.7 Å². The average molecular weight is 440 g/mol. The molecule has 1 unspecified atom stereocenters. The minimum atomic E-state index is -3.52. The highest BCUT2D eigenvalue weighted by Gasteiger charge is 2.31. The molecule has 0 aliphatic carbocycles. The third-order valence-corrected chi connectivity index (χ3v) is 6.60. The van der Waals surface area contributed by atoms with E-state index in [1.807, 2.05) is 12.1 Å². The van der Waals surface area contributed by atoms with Crippen molar-refractivity contribution < 1.29 is 13.2 Å². The Morgan fingerprint density at radius 3 is 2.58 bits per heavy atom. The van der Waals surface area contributed by atoms with E-state index >= 15 is 0 Å². The molecule has 26 heavy (non-hydrogen) atoms. The smallest absolute Gasteiger partial charge is 0.316 e. The number of aryl methyl sites for hydroxylation is 1. The van der Waals surface area contributed by atoms with Crippen LogP contribution in [0.1, 0.15) is 31.7 Å². The standard InChI is InChI=1S/C18H22BrN3O3S/c1-2-4-14-6-8-17(9-7-14)26(23,24)22-10-3-5-16(13-22)25-18-20-11-15(19)12-21-18/h6-9,11-12,16H,2-5,10,13H2,1H3. The van der Waals surface area contributed by atoms with Crippen molar-refractivity contribution in [1.29, 1.82) is 0 Å². The highest BCUT2D eigenvalue weighted by Crippen LogP contribution is 2.23. The first-order valence-electron chi connectivity index (χ1n) is 8.72. The Morgan fingerprint density at radius 1 is 1.23 bits per heavy atom. The quantitative estimate of drug-likeness (QED) is 0.689. The van der Waals surface area contributed by atoms with Crippen LogP contribution in [-0.2, 0) is 16.4 Å². The SMILES string of the molecule is CCCc1ccc(S(=O)(=O)N2CCCC(Oc3ncc(Br)cn3)C2)cc1. The number of nitrogens with zero attached hydrogens (tertiary/aromatic N) is 3. The van der Waals surface area contributed by atoms with Gasteiger partial charge in [0.05, 0.1) is 15.9 Å². The molecule has 1 aromatic heterocycles. The van der Waals surface area contributed by atoms with E-state index in [1.165, 1.54) is 4.31 Å². The van der Waals surface area contributed by atoms with Gasteiger partial charge in [-0.15, -0.1) is 0 Å². The average Bonchev–Trinajstić information content (AvgIpc) is 2.65. The summed E-state index contributed by atoms with van der Waals surface area (Å²) in [4.78, 5) is 8.52. The first kappa shape index (κ1) is 19.3. The maximum absolute atomic E-state index is 12.9. The highest BCUT2D eigenvalue weighted by molar-refractivity contribution is 9.10. The Morgan fingerprint density at radius 2 is 1.92 bits per heavy atom. The molecule has 2 aromatic rings. The summed E-state index contributed by atoms with van der Waals surface area (Å²) in [5.41, 5.74) is 1.15. The van der Waals surface area contributed by atoms with Crippen LogP contribution in [0, 0.1) is 0 Å². The molecule has 1 aliphatic heterocycles. The number of hydrogen-bond donors (Lipinski definition) is 0. The van der Waals surface area contributed by atoms with E-state index in [-0.39, 0.29) is 12.1 Å². The third kappa shape index (κ3) is 4.61. The number of hydrogen-bond acceptors (Lipinski definition) is 5. The fraction of sp³-hybridized carbons (Fsp3) is 0.444. The van der Waals surface area contributed by atoms with Crippen LogP contribution in [-0.4, -0.2) is 41.9 Å². The number of benzene rings is 1. The summed E-state index contributed by atoms with van der Waals surface area (Å²) in [5.74, 6) is 0. The van der Waals surface area contributed by atoms with Gasteiger partial charge in [-0.2, -0.15) is 4.31 Å². The van der Waals surface area contributed by atoms with E-state index in [0.717, 1.165) is 35.7 Å². The number of rotatable bonds is 6. The molecule has 2 heterocycles. The summed E-state index contributed by atoms with van der Waals surface area (Å²) in [5, 5.41) is 0. The van der Waals surface area contributed by atoms with Crippen LogP contribution in [0.2, 0.25) is 0 Å². The molecular weight excluding hydrogens is 418 g/mol. The first-order chi connectivity index (χ1) is 12.5. The minimum Gasteiger partial charge on any atom is -0.459 e. The molecule has 140 valence electrons. The third-order valence-electron chi connectivity index (χ3n) is 4.31. The number of sulfonamides is 1. The van der Waals surface area contributed by atoms with Gasteiger partial charge in [0, 0.05) is 18.9 Å². The second-order valence-electron chi connectivity index (χ2n) is 6.32. The summed E-state index contributed by atoms with van der Waals surface area (Å²) in [6.07, 6.45) is 6.48. The second kappa shape index (κ2) is 8.45. The number of aromatic nitrogens is 2. The van der Waals surface area contributed by atoms with Crippen molar-refractivity contribution >= 4 is 26.0 Å². The van der Waals surface area contributed by atoms with E-state index in [1.54, 1.807) is 24.5 Å². The van der Waals surface area contributed by atoms with E-state index < -0.39 is 10.0 Å². The lowest BCUT2D eigenvalue weighted by Crippen LogP contribution is -2.44. The Labute approximate surface area is 162 Å². The van der Waals surface area contributed by atoms with Gasteiger partial charge in [0.1, 0.15) is 6.10 Å². The summed E-state index contributed by atoms with van der Waals surface area (Å²) >= 11 is 3.28. The van der Waals surface area contributed by atoms with Gasteiger partial charge in [-0.1, -0.05) is 25.5 Å². The Balaban J connectivity index is 1.70. The van der Waals surface area contributed by atoms with Gasteiger partial charge in [0.25, 0.3) is 0 Å². The van der Waals surface area contributed by atoms with Crippen molar-refractivity contribution in [2.45, 2.75) is 43.6 Å². The largest absolute Gasteiger partial charge is 0.459 e. The molecule has 6 nitrogen and oxygen atoms in total. The molecule has 0 radical (unpaired) electrons. The predicted octanol–water partition coefficient (Wildman–Crippen LogP) is 3.42. The lowest BCUT2D eigenvalue weighted by atomic mass is 10.1. The van der Waals surface area contributed by atoms with Crippen molar-refractivity contribution in [1.82, 2.24) is 14.3 Å². The van der Waals surface area contributed by atoms with E-state index in [4.69, 9.17) is 4.74 Å². The first-order valence-corrected chi connectivity index (χ1v) is 11.0. The fourth-order valence-corrected chi connectivity index (χ4v) is 4.71. The van der Waals surface area contributed by atoms with Crippen LogP contribution in [0.25, 0.3) is 0 Å². The number of piperidine rings is 1. The zero-order chi connectivity index (χ0) is 18.6. The normalized spacial score (nSPS) is 18.6. The van der Waals surface area contributed by atoms with Gasteiger partial charge in [-0.25, -0.2) is 18.4 Å². The molecule has 1 fully saturated rings. The van der Waals surface area contributed by atoms with Crippen molar-refractivity contribution in [2.75, 3.05) is 13.1 Å². The molecule has 1 aromatic carbocycles. The van der Waals surface area contributed by atoms with Crippen molar-refractivity contribution in [3.63, 3.8) is 0 Å². The molecule has 0 bridgehead atoms. The number of ether oxygens (including phenoxy) is 1. The second-order valence-corrected chi connectivity index (χ2v) is 9.18. The summed E-state index contributed by atoms with van der Waals surface area (Å²) < 4.78 is 33.9. The molecule has 8 heteroatoms. The lowest BCUT2D eigenvalue weighted by Gasteiger charge is -2.31. The van der Waals surface area contributed by atoms with Gasteiger partial charge in [0.2, 0.25) is 10.0 Å². The lowest BCUT2D eigenvalue weighted by molar-refractivity contribution is 0.119. The number of halogens is 1. The van der Waals surface area contributed by atoms with Crippen LogP contribution in [0.5, 0.6) is 6.01 Å². The summed E-state index contributed by atoms with van der Waals surface area (Å²) in [6.45, 7) is 2.91. The molecule has 0 N–H and O–H groups in total. The van der Waals surface area contributed by atoms with Crippen LogP contribution in [0.15, 0.2) is 46.0 Å². The zero-order valence-electron chi connectivity index (χ0n) is 14.6. The molecular formula is C18H22BrN3O3S. The van der Waals surface area contributed by atoms with Gasteiger partial charge >= 0.3 is 6.01 Å². The van der Waals surface area contributed by atoms with Crippen LogP contribution < -0.4 is 4.74 Å². The van der Waals surface area contributed by atoms with Crippen LogP contribution in [0.3, 0.4) is 0 Å². The molecule has 0 saturated carbocycles. The summed E-state index contributed by atoms with van der Waals surface area (Å²) in [6, 6.07) is 7.44. The molecule has 0 amide bonds. The Bertz CT molecular complexity index is 826. The predicted molar refractivity (Wildman–Crippen MR) is 103 cm³/mol. The van der Waals surface area contributed by atoms with Crippen LogP contribution in [0.4, 0.5) is 0 Å².